The lowest BCUT2D eigenvalue weighted by Gasteiger charge is -2.44. The average Bonchev–Trinajstić information content (AvgIpc) is 3.29. The number of hydrogen-bond acceptors (Lipinski definition) is 6. The van der Waals surface area contributed by atoms with E-state index in [9.17, 15) is 0 Å². The van der Waals surface area contributed by atoms with Gasteiger partial charge in [-0.15, -0.1) is 0 Å². The summed E-state index contributed by atoms with van der Waals surface area (Å²) in [5.74, 6) is 2.79. The summed E-state index contributed by atoms with van der Waals surface area (Å²) in [5, 5.41) is 0. The fourth-order valence-electron chi connectivity index (χ4n) is 5.05. The first kappa shape index (κ1) is 19.5. The number of likely N-dealkylation sites (tertiary alicyclic amines) is 1. The Balaban J connectivity index is 1.19. The molecule has 5 rings (SSSR count). The number of piperazine rings is 1. The van der Waals surface area contributed by atoms with Crippen LogP contribution < -0.4 is 19.1 Å². The van der Waals surface area contributed by atoms with E-state index in [0.717, 1.165) is 63.1 Å². The molecule has 2 saturated heterocycles. The number of anilines is 1. The number of para-hydroxylation sites is 3. The smallest absolute Gasteiger partial charge is 0.231 e. The Morgan fingerprint density at radius 1 is 0.967 bits per heavy atom. The third kappa shape index (κ3) is 3.94. The topological polar surface area (TPSA) is 37.4 Å². The van der Waals surface area contributed by atoms with E-state index in [1.165, 1.54) is 24.1 Å². The zero-order valence-corrected chi connectivity index (χ0v) is 17.8. The average molecular weight is 410 g/mol. The van der Waals surface area contributed by atoms with Gasteiger partial charge < -0.3 is 19.1 Å². The minimum atomic E-state index is 0.339. The molecule has 3 heterocycles. The summed E-state index contributed by atoms with van der Waals surface area (Å²) in [4.78, 5) is 7.73. The van der Waals surface area contributed by atoms with Crippen molar-refractivity contribution in [3.05, 3.63) is 48.0 Å². The normalized spacial score (nSPS) is 22.3. The number of ether oxygens (including phenoxy) is 3. The number of rotatable bonds is 5. The first-order valence-corrected chi connectivity index (χ1v) is 11.0. The molecule has 1 atom stereocenters. The van der Waals surface area contributed by atoms with Crippen molar-refractivity contribution in [3.63, 3.8) is 0 Å². The van der Waals surface area contributed by atoms with Gasteiger partial charge in [0.05, 0.1) is 12.8 Å². The molecule has 160 valence electrons. The van der Waals surface area contributed by atoms with E-state index in [-0.39, 0.29) is 0 Å². The van der Waals surface area contributed by atoms with Crippen LogP contribution in [0.2, 0.25) is 0 Å². The van der Waals surface area contributed by atoms with Gasteiger partial charge in [-0.05, 0) is 37.6 Å². The summed E-state index contributed by atoms with van der Waals surface area (Å²) in [5.41, 5.74) is 2.46. The molecule has 3 aliphatic rings. The highest BCUT2D eigenvalue weighted by atomic mass is 16.7. The fourth-order valence-corrected chi connectivity index (χ4v) is 5.05. The van der Waals surface area contributed by atoms with Crippen molar-refractivity contribution in [2.24, 2.45) is 0 Å². The van der Waals surface area contributed by atoms with Crippen LogP contribution in [0.3, 0.4) is 0 Å². The third-order valence-electron chi connectivity index (χ3n) is 6.61. The Hall–Kier alpha value is -2.44. The van der Waals surface area contributed by atoms with Gasteiger partial charge in [0.25, 0.3) is 0 Å². The molecule has 2 aromatic carbocycles. The number of fused-ring (bicyclic) bond motifs is 1. The van der Waals surface area contributed by atoms with Crippen molar-refractivity contribution in [2.75, 3.05) is 58.1 Å². The van der Waals surface area contributed by atoms with Crippen LogP contribution in [0.25, 0.3) is 0 Å². The molecule has 6 nitrogen and oxygen atoms in total. The molecule has 0 amide bonds. The van der Waals surface area contributed by atoms with Gasteiger partial charge in [0.1, 0.15) is 5.75 Å². The van der Waals surface area contributed by atoms with Gasteiger partial charge >= 0.3 is 0 Å². The molecule has 0 aromatic heterocycles. The number of benzene rings is 2. The molecular formula is C24H31N3O3. The second-order valence-corrected chi connectivity index (χ2v) is 8.38. The van der Waals surface area contributed by atoms with Gasteiger partial charge in [-0.2, -0.15) is 0 Å². The molecule has 0 aliphatic carbocycles. The van der Waals surface area contributed by atoms with Crippen LogP contribution in [-0.2, 0) is 6.54 Å². The van der Waals surface area contributed by atoms with Crippen molar-refractivity contribution < 1.29 is 14.2 Å². The van der Waals surface area contributed by atoms with Crippen LogP contribution in [-0.4, -0.2) is 69.0 Å². The first-order valence-electron chi connectivity index (χ1n) is 11.0. The zero-order valence-electron chi connectivity index (χ0n) is 17.8. The van der Waals surface area contributed by atoms with Crippen molar-refractivity contribution >= 4 is 5.69 Å². The zero-order chi connectivity index (χ0) is 20.3. The monoisotopic (exact) mass is 409 g/mol. The number of nitrogens with zero attached hydrogens (tertiary/aromatic N) is 3. The first-order chi connectivity index (χ1) is 14.8. The van der Waals surface area contributed by atoms with E-state index < -0.39 is 0 Å². The van der Waals surface area contributed by atoms with E-state index in [2.05, 4.69) is 45.0 Å². The Morgan fingerprint density at radius 3 is 2.70 bits per heavy atom. The SMILES string of the molecule is COc1ccccc1N1CCN([C@@H]2CCCN(Cc3cccc4c3OCO4)C2)CC1. The van der Waals surface area contributed by atoms with Crippen LogP contribution in [0.15, 0.2) is 42.5 Å². The van der Waals surface area contributed by atoms with E-state index in [1.54, 1.807) is 7.11 Å². The highest BCUT2D eigenvalue weighted by Gasteiger charge is 2.29. The van der Waals surface area contributed by atoms with E-state index >= 15 is 0 Å². The highest BCUT2D eigenvalue weighted by molar-refractivity contribution is 5.58. The standard InChI is InChI=1S/C24H31N3O3/c1-28-22-9-3-2-8-21(22)27-14-12-26(13-15-27)20-7-5-11-25(17-20)16-19-6-4-10-23-24(19)30-18-29-23/h2-4,6,8-10,20H,5,7,11-18H2,1H3/t20-/m1/s1. The van der Waals surface area contributed by atoms with Crippen LogP contribution in [0.4, 0.5) is 5.69 Å². The highest BCUT2D eigenvalue weighted by Crippen LogP contribution is 2.36. The molecule has 3 aliphatic heterocycles. The minimum Gasteiger partial charge on any atom is -0.495 e. The lowest BCUT2D eigenvalue weighted by Crippen LogP contribution is -2.55. The molecule has 0 saturated carbocycles. The van der Waals surface area contributed by atoms with Crippen LogP contribution in [0, 0.1) is 0 Å². The Morgan fingerprint density at radius 2 is 1.83 bits per heavy atom. The van der Waals surface area contributed by atoms with Gasteiger partial charge in [-0.1, -0.05) is 24.3 Å². The second-order valence-electron chi connectivity index (χ2n) is 8.38. The lowest BCUT2D eigenvalue weighted by molar-refractivity contribution is 0.0880. The van der Waals surface area contributed by atoms with Crippen LogP contribution in [0.5, 0.6) is 17.2 Å². The van der Waals surface area contributed by atoms with Gasteiger partial charge in [-0.3, -0.25) is 9.80 Å². The largest absolute Gasteiger partial charge is 0.495 e. The van der Waals surface area contributed by atoms with Crippen LogP contribution >= 0.6 is 0 Å². The van der Waals surface area contributed by atoms with Gasteiger partial charge in [0.15, 0.2) is 11.5 Å². The van der Waals surface area contributed by atoms with Crippen molar-refractivity contribution in [3.8, 4) is 17.2 Å². The quantitative estimate of drug-likeness (QED) is 0.755. The Labute approximate surface area is 178 Å². The molecule has 30 heavy (non-hydrogen) atoms. The van der Waals surface area contributed by atoms with Crippen molar-refractivity contribution in [2.45, 2.75) is 25.4 Å². The number of piperidine rings is 1. The number of methoxy groups -OCH3 is 1. The maximum absolute atomic E-state index is 5.71. The molecule has 0 bridgehead atoms. The maximum Gasteiger partial charge on any atom is 0.231 e. The lowest BCUT2D eigenvalue weighted by atomic mass is 10.0. The molecule has 0 unspecified atom stereocenters. The molecule has 6 heteroatoms. The molecular weight excluding hydrogens is 378 g/mol. The Kier molecular flexibility index (Phi) is 5.69. The maximum atomic E-state index is 5.71. The summed E-state index contributed by atoms with van der Waals surface area (Å²) < 4.78 is 16.8. The van der Waals surface area contributed by atoms with E-state index in [1.807, 2.05) is 12.1 Å². The van der Waals surface area contributed by atoms with Gasteiger partial charge in [0, 0.05) is 50.9 Å². The van der Waals surface area contributed by atoms with Crippen molar-refractivity contribution in [1.29, 1.82) is 0 Å². The van der Waals surface area contributed by atoms with Gasteiger partial charge in [-0.25, -0.2) is 0 Å². The molecule has 0 spiro atoms. The Bertz CT molecular complexity index is 867. The van der Waals surface area contributed by atoms with Crippen molar-refractivity contribution in [1.82, 2.24) is 9.80 Å². The second kappa shape index (κ2) is 8.74. The van der Waals surface area contributed by atoms with Crippen LogP contribution in [0.1, 0.15) is 18.4 Å². The van der Waals surface area contributed by atoms with E-state index in [0.29, 0.717) is 12.8 Å². The summed E-state index contributed by atoms with van der Waals surface area (Å²) >= 11 is 0. The molecule has 0 N–H and O–H groups in total. The predicted molar refractivity (Wildman–Crippen MR) is 118 cm³/mol. The minimum absolute atomic E-state index is 0.339. The molecule has 0 radical (unpaired) electrons. The number of hydrogen-bond donors (Lipinski definition) is 0. The van der Waals surface area contributed by atoms with Gasteiger partial charge in [0.2, 0.25) is 6.79 Å². The summed E-state index contributed by atoms with van der Waals surface area (Å²) in [6, 6.07) is 15.2. The molecule has 2 fully saturated rings. The predicted octanol–water partition coefficient (Wildman–Crippen LogP) is 3.21. The molecule has 2 aromatic rings. The summed E-state index contributed by atoms with van der Waals surface area (Å²) in [6.07, 6.45) is 2.54. The van der Waals surface area contributed by atoms with E-state index in [4.69, 9.17) is 14.2 Å². The summed E-state index contributed by atoms with van der Waals surface area (Å²) in [7, 11) is 1.75. The summed E-state index contributed by atoms with van der Waals surface area (Å²) in [6.45, 7) is 7.86. The fraction of sp³-hybridized carbons (Fsp3) is 0.500. The third-order valence-corrected chi connectivity index (χ3v) is 6.61.